The number of hydrogen-bond donors (Lipinski definition) is 0. The Morgan fingerprint density at radius 3 is 2.60 bits per heavy atom. The van der Waals surface area contributed by atoms with Crippen molar-refractivity contribution in [3.63, 3.8) is 0 Å². The lowest BCUT2D eigenvalue weighted by Gasteiger charge is -1.99. The van der Waals surface area contributed by atoms with Gasteiger partial charge in [-0.1, -0.05) is 0 Å². The van der Waals surface area contributed by atoms with Crippen LogP contribution in [0.5, 0.6) is 0 Å². The molecule has 15 heavy (non-hydrogen) atoms. The molecule has 2 heterocycles. The summed E-state index contributed by atoms with van der Waals surface area (Å²) in [5.41, 5.74) is -0.0730. The van der Waals surface area contributed by atoms with Crippen molar-refractivity contribution in [2.75, 3.05) is 0 Å². The van der Waals surface area contributed by atoms with Crippen LogP contribution in [0.1, 0.15) is 16.2 Å². The lowest BCUT2D eigenvalue weighted by molar-refractivity contribution is 0.102. The minimum Gasteiger partial charge on any atom is -0.285 e. The van der Waals surface area contributed by atoms with Crippen LogP contribution in [0.25, 0.3) is 0 Å². The lowest BCUT2D eigenvalue weighted by Crippen LogP contribution is -2.08. The number of ketones is 1. The van der Waals surface area contributed by atoms with Crippen LogP contribution in [0, 0.1) is 5.82 Å². The van der Waals surface area contributed by atoms with Crippen LogP contribution in [0.2, 0.25) is 0 Å². The third-order valence-electron chi connectivity index (χ3n) is 1.79. The second-order valence-corrected chi connectivity index (χ2v) is 2.76. The highest BCUT2D eigenvalue weighted by Crippen LogP contribution is 2.08. The van der Waals surface area contributed by atoms with E-state index in [-0.39, 0.29) is 11.4 Å². The van der Waals surface area contributed by atoms with Gasteiger partial charge in [-0.15, -0.1) is 0 Å². The van der Waals surface area contributed by atoms with Gasteiger partial charge in [-0.25, -0.2) is 14.4 Å². The van der Waals surface area contributed by atoms with Crippen molar-refractivity contribution in [1.82, 2.24) is 15.0 Å². The molecule has 2 rings (SSSR count). The van der Waals surface area contributed by atoms with Crippen molar-refractivity contribution in [3.8, 4) is 0 Å². The van der Waals surface area contributed by atoms with Gasteiger partial charge in [0.25, 0.3) is 0 Å². The Kier molecular flexibility index (Phi) is 2.45. The largest absolute Gasteiger partial charge is 0.285 e. The van der Waals surface area contributed by atoms with Gasteiger partial charge in [0.15, 0.2) is 5.82 Å². The van der Waals surface area contributed by atoms with Crippen LogP contribution < -0.4 is 0 Å². The first-order chi connectivity index (χ1) is 7.29. The van der Waals surface area contributed by atoms with Crippen molar-refractivity contribution in [1.29, 1.82) is 0 Å². The number of nitrogens with zero attached hydrogens (tertiary/aromatic N) is 3. The first kappa shape index (κ1) is 9.39. The standard InChI is InChI=1S/C10H6FN3O/c11-8-6-12-5-2-7(8)9(15)10-13-3-1-4-14-10/h1-6H. The molecule has 4 nitrogen and oxygen atoms in total. The van der Waals surface area contributed by atoms with E-state index in [0.29, 0.717) is 0 Å². The zero-order valence-electron chi connectivity index (χ0n) is 7.59. The molecular weight excluding hydrogens is 197 g/mol. The Morgan fingerprint density at radius 2 is 1.93 bits per heavy atom. The van der Waals surface area contributed by atoms with Gasteiger partial charge in [0.05, 0.1) is 11.8 Å². The quantitative estimate of drug-likeness (QED) is 0.689. The number of pyridine rings is 1. The second-order valence-electron chi connectivity index (χ2n) is 2.76. The lowest BCUT2D eigenvalue weighted by atomic mass is 10.1. The molecule has 0 atom stereocenters. The van der Waals surface area contributed by atoms with Crippen LogP contribution in [-0.4, -0.2) is 20.7 Å². The SMILES string of the molecule is O=C(c1ncccn1)c1ccncc1F. The van der Waals surface area contributed by atoms with Crippen LogP contribution in [-0.2, 0) is 0 Å². The molecular formula is C10H6FN3O. The smallest absolute Gasteiger partial charge is 0.233 e. The van der Waals surface area contributed by atoms with Crippen molar-refractivity contribution >= 4 is 5.78 Å². The summed E-state index contributed by atoms with van der Waals surface area (Å²) in [4.78, 5) is 22.7. The molecule has 0 fully saturated rings. The number of halogens is 1. The zero-order chi connectivity index (χ0) is 10.7. The third-order valence-corrected chi connectivity index (χ3v) is 1.79. The minimum atomic E-state index is -0.671. The number of aromatic nitrogens is 3. The van der Waals surface area contributed by atoms with E-state index < -0.39 is 11.6 Å². The molecule has 0 unspecified atom stereocenters. The zero-order valence-corrected chi connectivity index (χ0v) is 7.59. The average molecular weight is 203 g/mol. The normalized spacial score (nSPS) is 9.93. The predicted octanol–water partition coefficient (Wildman–Crippen LogP) is 1.24. The highest BCUT2D eigenvalue weighted by Gasteiger charge is 2.15. The average Bonchev–Trinajstić information content (AvgIpc) is 2.30. The van der Waals surface area contributed by atoms with Crippen LogP contribution in [0.15, 0.2) is 36.9 Å². The van der Waals surface area contributed by atoms with E-state index in [9.17, 15) is 9.18 Å². The fraction of sp³-hybridized carbons (Fsp3) is 0. The number of rotatable bonds is 2. The molecule has 0 N–H and O–H groups in total. The molecule has 2 aromatic rings. The van der Waals surface area contributed by atoms with Crippen molar-refractivity contribution in [3.05, 3.63) is 54.1 Å². The van der Waals surface area contributed by atoms with Crippen LogP contribution in [0.4, 0.5) is 4.39 Å². The molecule has 0 saturated heterocycles. The molecule has 0 spiro atoms. The Balaban J connectivity index is 2.42. The summed E-state index contributed by atoms with van der Waals surface area (Å²) in [5, 5.41) is 0. The van der Waals surface area contributed by atoms with Crippen molar-refractivity contribution < 1.29 is 9.18 Å². The van der Waals surface area contributed by atoms with Crippen molar-refractivity contribution in [2.24, 2.45) is 0 Å². The van der Waals surface area contributed by atoms with Gasteiger partial charge in [-0.2, -0.15) is 0 Å². The molecule has 0 bridgehead atoms. The van der Waals surface area contributed by atoms with Gasteiger partial charge in [-0.3, -0.25) is 9.78 Å². The second kappa shape index (κ2) is 3.91. The maximum absolute atomic E-state index is 13.2. The summed E-state index contributed by atoms with van der Waals surface area (Å²) >= 11 is 0. The Morgan fingerprint density at radius 1 is 1.20 bits per heavy atom. The Bertz CT molecular complexity index is 487. The van der Waals surface area contributed by atoms with E-state index in [0.717, 1.165) is 6.20 Å². The van der Waals surface area contributed by atoms with E-state index in [4.69, 9.17) is 0 Å². The third kappa shape index (κ3) is 1.85. The number of hydrogen-bond acceptors (Lipinski definition) is 4. The van der Waals surface area contributed by atoms with Gasteiger partial charge in [-0.05, 0) is 12.1 Å². The molecule has 0 saturated carbocycles. The number of carbonyl (C=O) groups is 1. The molecule has 0 aliphatic heterocycles. The Labute approximate surface area is 84.8 Å². The monoisotopic (exact) mass is 203 g/mol. The minimum absolute atomic E-state index is 0.0254. The summed E-state index contributed by atoms with van der Waals surface area (Å²) in [6, 6.07) is 2.88. The van der Waals surface area contributed by atoms with Gasteiger partial charge in [0.2, 0.25) is 11.6 Å². The van der Waals surface area contributed by atoms with E-state index >= 15 is 0 Å². The van der Waals surface area contributed by atoms with E-state index in [1.807, 2.05) is 0 Å². The maximum Gasteiger partial charge on any atom is 0.233 e. The van der Waals surface area contributed by atoms with E-state index in [1.54, 1.807) is 6.07 Å². The van der Waals surface area contributed by atoms with Crippen LogP contribution in [0.3, 0.4) is 0 Å². The summed E-state index contributed by atoms with van der Waals surface area (Å²) in [7, 11) is 0. The summed E-state index contributed by atoms with van der Waals surface area (Å²) in [6.07, 6.45) is 5.19. The maximum atomic E-state index is 13.2. The molecule has 2 aromatic heterocycles. The number of carbonyl (C=O) groups excluding carboxylic acids is 1. The molecule has 0 aromatic carbocycles. The van der Waals surface area contributed by atoms with Gasteiger partial charge in [0, 0.05) is 18.6 Å². The topological polar surface area (TPSA) is 55.7 Å². The Hall–Kier alpha value is -2.17. The fourth-order valence-corrected chi connectivity index (χ4v) is 1.10. The van der Waals surface area contributed by atoms with E-state index in [1.165, 1.54) is 24.7 Å². The summed E-state index contributed by atoms with van der Waals surface area (Å²) in [6.45, 7) is 0. The van der Waals surface area contributed by atoms with Gasteiger partial charge >= 0.3 is 0 Å². The molecule has 0 radical (unpaired) electrons. The predicted molar refractivity (Wildman–Crippen MR) is 49.7 cm³/mol. The van der Waals surface area contributed by atoms with Gasteiger partial charge in [0.1, 0.15) is 0 Å². The van der Waals surface area contributed by atoms with E-state index in [2.05, 4.69) is 15.0 Å². The van der Waals surface area contributed by atoms with Crippen molar-refractivity contribution in [2.45, 2.75) is 0 Å². The molecule has 0 aliphatic carbocycles. The molecule has 0 amide bonds. The van der Waals surface area contributed by atoms with Gasteiger partial charge < -0.3 is 0 Å². The highest BCUT2D eigenvalue weighted by molar-refractivity contribution is 6.06. The summed E-state index contributed by atoms with van der Waals surface area (Å²) in [5.74, 6) is -1.24. The first-order valence-corrected chi connectivity index (χ1v) is 4.20. The fourth-order valence-electron chi connectivity index (χ4n) is 1.10. The molecule has 74 valence electrons. The molecule has 5 heteroatoms. The first-order valence-electron chi connectivity index (χ1n) is 4.20. The summed E-state index contributed by atoms with van der Waals surface area (Å²) < 4.78 is 13.2. The van der Waals surface area contributed by atoms with Crippen LogP contribution >= 0.6 is 0 Å². The molecule has 0 aliphatic rings. The highest BCUT2D eigenvalue weighted by atomic mass is 19.1.